The van der Waals surface area contributed by atoms with Gasteiger partial charge in [0.1, 0.15) is 5.60 Å². The first-order chi connectivity index (χ1) is 9.74. The summed E-state index contributed by atoms with van der Waals surface area (Å²) in [6.07, 6.45) is 2.57. The Kier molecular flexibility index (Phi) is 6.94. The number of ether oxygens (including phenoxy) is 1. The fourth-order valence-electron chi connectivity index (χ4n) is 2.71. The van der Waals surface area contributed by atoms with Gasteiger partial charge in [0.2, 0.25) is 0 Å². The molecular formula is C16H32N2O3. The number of aliphatic hydroxyl groups is 1. The standard InChI is InChI=1S/C16H32N2O3/c1-12(2)14(8-10-19)17-11-13-7-6-9-18(13)15(20)21-16(3,4)5/h12-14,17,19H,6-11H2,1-5H3. The summed E-state index contributed by atoms with van der Waals surface area (Å²) in [5.74, 6) is 0.466. The van der Waals surface area contributed by atoms with Gasteiger partial charge in [0, 0.05) is 31.8 Å². The van der Waals surface area contributed by atoms with Crippen LogP contribution in [-0.4, -0.2) is 53.5 Å². The van der Waals surface area contributed by atoms with Gasteiger partial charge in [0.25, 0.3) is 0 Å². The molecule has 2 unspecified atom stereocenters. The molecule has 21 heavy (non-hydrogen) atoms. The summed E-state index contributed by atoms with van der Waals surface area (Å²) >= 11 is 0. The number of nitrogens with zero attached hydrogens (tertiary/aromatic N) is 1. The van der Waals surface area contributed by atoms with E-state index in [1.807, 2.05) is 25.7 Å². The Morgan fingerprint density at radius 1 is 1.43 bits per heavy atom. The lowest BCUT2D eigenvalue weighted by Crippen LogP contribution is -2.47. The largest absolute Gasteiger partial charge is 0.444 e. The van der Waals surface area contributed by atoms with E-state index in [1.54, 1.807) is 0 Å². The van der Waals surface area contributed by atoms with Crippen molar-refractivity contribution >= 4 is 6.09 Å². The molecule has 1 rings (SSSR count). The fourth-order valence-corrected chi connectivity index (χ4v) is 2.71. The summed E-state index contributed by atoms with van der Waals surface area (Å²) in [5, 5.41) is 12.6. The molecule has 1 saturated heterocycles. The van der Waals surface area contributed by atoms with Crippen molar-refractivity contribution in [3.05, 3.63) is 0 Å². The van der Waals surface area contributed by atoms with Gasteiger partial charge >= 0.3 is 6.09 Å². The van der Waals surface area contributed by atoms with Crippen LogP contribution in [0.1, 0.15) is 53.9 Å². The summed E-state index contributed by atoms with van der Waals surface area (Å²) in [7, 11) is 0. The maximum atomic E-state index is 12.2. The number of rotatable bonds is 6. The molecule has 2 atom stereocenters. The second-order valence-electron chi connectivity index (χ2n) is 7.24. The van der Waals surface area contributed by atoms with E-state index in [0.29, 0.717) is 5.92 Å². The average molecular weight is 300 g/mol. The Balaban J connectivity index is 2.51. The molecule has 0 spiro atoms. The Morgan fingerprint density at radius 2 is 2.10 bits per heavy atom. The molecule has 1 fully saturated rings. The van der Waals surface area contributed by atoms with Crippen LogP contribution in [-0.2, 0) is 4.74 Å². The summed E-state index contributed by atoms with van der Waals surface area (Å²) in [4.78, 5) is 14.1. The highest BCUT2D eigenvalue weighted by molar-refractivity contribution is 5.69. The van der Waals surface area contributed by atoms with Crippen molar-refractivity contribution in [1.29, 1.82) is 0 Å². The highest BCUT2D eigenvalue weighted by Gasteiger charge is 2.32. The Bertz CT molecular complexity index is 326. The van der Waals surface area contributed by atoms with Crippen LogP contribution in [0, 0.1) is 5.92 Å². The summed E-state index contributed by atoms with van der Waals surface area (Å²) < 4.78 is 5.47. The molecule has 124 valence electrons. The Labute approximate surface area is 129 Å². The molecule has 1 amide bonds. The van der Waals surface area contributed by atoms with Gasteiger partial charge in [0.05, 0.1) is 0 Å². The van der Waals surface area contributed by atoms with E-state index < -0.39 is 5.60 Å². The van der Waals surface area contributed by atoms with Crippen molar-refractivity contribution in [2.45, 2.75) is 71.6 Å². The van der Waals surface area contributed by atoms with E-state index >= 15 is 0 Å². The van der Waals surface area contributed by atoms with Crippen LogP contribution in [0.3, 0.4) is 0 Å². The van der Waals surface area contributed by atoms with Gasteiger partial charge in [0.15, 0.2) is 0 Å². The highest BCUT2D eigenvalue weighted by atomic mass is 16.6. The third kappa shape index (κ3) is 6.22. The van der Waals surface area contributed by atoms with Crippen LogP contribution in [0.25, 0.3) is 0 Å². The first-order valence-corrected chi connectivity index (χ1v) is 8.08. The third-order valence-electron chi connectivity index (χ3n) is 3.87. The molecule has 0 aromatic heterocycles. The third-order valence-corrected chi connectivity index (χ3v) is 3.87. The first-order valence-electron chi connectivity index (χ1n) is 8.08. The average Bonchev–Trinajstić information content (AvgIpc) is 2.80. The van der Waals surface area contributed by atoms with Gasteiger partial charge in [-0.05, 0) is 46.0 Å². The molecule has 1 heterocycles. The number of carbonyl (C=O) groups excluding carboxylic acids is 1. The van der Waals surface area contributed by atoms with Gasteiger partial charge < -0.3 is 20.1 Å². The van der Waals surface area contributed by atoms with Gasteiger partial charge in [-0.15, -0.1) is 0 Å². The molecule has 0 aromatic carbocycles. The van der Waals surface area contributed by atoms with E-state index in [9.17, 15) is 4.79 Å². The monoisotopic (exact) mass is 300 g/mol. The van der Waals surface area contributed by atoms with Crippen LogP contribution >= 0.6 is 0 Å². The lowest BCUT2D eigenvalue weighted by Gasteiger charge is -2.30. The van der Waals surface area contributed by atoms with Gasteiger partial charge in [-0.3, -0.25) is 0 Å². The van der Waals surface area contributed by atoms with E-state index in [0.717, 1.165) is 32.4 Å². The summed E-state index contributed by atoms with van der Waals surface area (Å²) in [6, 6.07) is 0.482. The molecule has 0 bridgehead atoms. The van der Waals surface area contributed by atoms with E-state index in [4.69, 9.17) is 9.84 Å². The van der Waals surface area contributed by atoms with Crippen molar-refractivity contribution < 1.29 is 14.6 Å². The van der Waals surface area contributed by atoms with Crippen LogP contribution in [0.4, 0.5) is 4.79 Å². The molecule has 2 N–H and O–H groups in total. The van der Waals surface area contributed by atoms with Gasteiger partial charge in [-0.1, -0.05) is 13.8 Å². The second kappa shape index (κ2) is 7.99. The number of nitrogens with one attached hydrogen (secondary N) is 1. The van der Waals surface area contributed by atoms with E-state index in [2.05, 4.69) is 19.2 Å². The van der Waals surface area contributed by atoms with E-state index in [1.165, 1.54) is 0 Å². The predicted molar refractivity (Wildman–Crippen MR) is 84.3 cm³/mol. The van der Waals surface area contributed by atoms with Crippen molar-refractivity contribution in [1.82, 2.24) is 10.2 Å². The lowest BCUT2D eigenvalue weighted by atomic mass is 10.0. The number of aliphatic hydroxyl groups excluding tert-OH is 1. The van der Waals surface area contributed by atoms with Crippen molar-refractivity contribution in [3.63, 3.8) is 0 Å². The smallest absolute Gasteiger partial charge is 0.410 e. The normalized spacial score (nSPS) is 20.9. The second-order valence-corrected chi connectivity index (χ2v) is 7.24. The molecule has 0 radical (unpaired) electrons. The minimum Gasteiger partial charge on any atom is -0.444 e. The predicted octanol–water partition coefficient (Wildman–Crippen LogP) is 2.38. The molecule has 1 aliphatic rings. The summed E-state index contributed by atoms with van der Waals surface area (Å²) in [5.41, 5.74) is -0.449. The lowest BCUT2D eigenvalue weighted by molar-refractivity contribution is 0.0223. The molecule has 0 aliphatic carbocycles. The molecule has 5 heteroatoms. The number of carbonyl (C=O) groups is 1. The number of hydrogen-bond acceptors (Lipinski definition) is 4. The Morgan fingerprint density at radius 3 is 2.62 bits per heavy atom. The van der Waals surface area contributed by atoms with Crippen molar-refractivity contribution in [2.24, 2.45) is 5.92 Å². The minimum atomic E-state index is -0.449. The topological polar surface area (TPSA) is 61.8 Å². The number of amides is 1. The summed E-state index contributed by atoms with van der Waals surface area (Å²) in [6.45, 7) is 11.7. The maximum Gasteiger partial charge on any atom is 0.410 e. The van der Waals surface area contributed by atoms with Gasteiger partial charge in [-0.2, -0.15) is 0 Å². The van der Waals surface area contributed by atoms with Crippen LogP contribution < -0.4 is 5.32 Å². The first kappa shape index (κ1) is 18.2. The van der Waals surface area contributed by atoms with Crippen molar-refractivity contribution in [2.75, 3.05) is 19.7 Å². The van der Waals surface area contributed by atoms with E-state index in [-0.39, 0.29) is 24.8 Å². The minimum absolute atomic E-state index is 0.191. The van der Waals surface area contributed by atoms with Gasteiger partial charge in [-0.25, -0.2) is 4.79 Å². The zero-order chi connectivity index (χ0) is 16.0. The van der Waals surface area contributed by atoms with Crippen molar-refractivity contribution in [3.8, 4) is 0 Å². The zero-order valence-electron chi connectivity index (χ0n) is 14.2. The Hall–Kier alpha value is -0.810. The van der Waals surface area contributed by atoms with Crippen LogP contribution in [0.15, 0.2) is 0 Å². The molecule has 1 aliphatic heterocycles. The molecule has 0 aromatic rings. The van der Waals surface area contributed by atoms with Crippen LogP contribution in [0.5, 0.6) is 0 Å². The quantitative estimate of drug-likeness (QED) is 0.790. The maximum absolute atomic E-state index is 12.2. The molecule has 5 nitrogen and oxygen atoms in total. The zero-order valence-corrected chi connectivity index (χ0v) is 14.2. The number of hydrogen-bond donors (Lipinski definition) is 2. The SMILES string of the molecule is CC(C)C(CCO)NCC1CCCN1C(=O)OC(C)(C)C. The van der Waals surface area contributed by atoms with Crippen LogP contribution in [0.2, 0.25) is 0 Å². The molecular weight excluding hydrogens is 268 g/mol. The highest BCUT2D eigenvalue weighted by Crippen LogP contribution is 2.20. The fraction of sp³-hybridized carbons (Fsp3) is 0.938. The number of likely N-dealkylation sites (tertiary alicyclic amines) is 1. The molecule has 0 saturated carbocycles.